The molecule has 3 aromatic rings. The highest BCUT2D eigenvalue weighted by atomic mass is 32.1. The van der Waals surface area contributed by atoms with Gasteiger partial charge in [0.05, 0.1) is 6.04 Å². The van der Waals surface area contributed by atoms with Gasteiger partial charge in [-0.05, 0) is 36.1 Å². The van der Waals surface area contributed by atoms with Crippen LogP contribution in [0, 0.1) is 5.92 Å². The first-order chi connectivity index (χ1) is 11.3. The summed E-state index contributed by atoms with van der Waals surface area (Å²) in [5.41, 5.74) is 2.12. The number of aromatic nitrogens is 4. The summed E-state index contributed by atoms with van der Waals surface area (Å²) in [4.78, 5) is 11.0. The smallest absolute Gasteiger partial charge is 0.209 e. The molecule has 1 saturated heterocycles. The van der Waals surface area contributed by atoms with Crippen molar-refractivity contribution in [3.8, 4) is 10.7 Å². The average Bonchev–Trinajstić information content (AvgIpc) is 3.23. The molecule has 23 heavy (non-hydrogen) atoms. The first-order valence-corrected chi connectivity index (χ1v) is 8.54. The highest BCUT2D eigenvalue weighted by molar-refractivity contribution is 7.18. The summed E-state index contributed by atoms with van der Waals surface area (Å²) < 4.78 is 0. The molecule has 5 nitrogen and oxygen atoms in total. The number of hydrogen-bond donors (Lipinski definition) is 0. The van der Waals surface area contributed by atoms with E-state index in [0.29, 0.717) is 12.0 Å². The molecule has 4 rings (SSSR count). The molecule has 1 aliphatic heterocycles. The van der Waals surface area contributed by atoms with E-state index in [0.717, 1.165) is 28.8 Å². The third-order valence-corrected chi connectivity index (χ3v) is 5.11. The maximum Gasteiger partial charge on any atom is 0.209 e. The van der Waals surface area contributed by atoms with Gasteiger partial charge in [0, 0.05) is 25.1 Å². The zero-order chi connectivity index (χ0) is 15.6. The Morgan fingerprint density at radius 3 is 2.87 bits per heavy atom. The van der Waals surface area contributed by atoms with Crippen molar-refractivity contribution in [2.45, 2.75) is 19.4 Å². The van der Waals surface area contributed by atoms with Crippen LogP contribution in [0.3, 0.4) is 0 Å². The molecule has 0 spiro atoms. The van der Waals surface area contributed by atoms with Gasteiger partial charge >= 0.3 is 0 Å². The second kappa shape index (κ2) is 6.04. The van der Waals surface area contributed by atoms with Crippen molar-refractivity contribution in [3.63, 3.8) is 0 Å². The van der Waals surface area contributed by atoms with E-state index in [-0.39, 0.29) is 0 Å². The molecule has 1 fully saturated rings. The molecule has 0 N–H and O–H groups in total. The van der Waals surface area contributed by atoms with Crippen LogP contribution in [-0.2, 0) is 0 Å². The Bertz CT molecular complexity index is 774. The van der Waals surface area contributed by atoms with E-state index in [9.17, 15) is 0 Å². The lowest BCUT2D eigenvalue weighted by Gasteiger charge is -2.23. The average molecular weight is 323 g/mol. The van der Waals surface area contributed by atoms with Crippen LogP contribution in [0.25, 0.3) is 10.7 Å². The predicted molar refractivity (Wildman–Crippen MR) is 91.2 cm³/mol. The Kier molecular flexibility index (Phi) is 3.75. The molecule has 0 aromatic carbocycles. The van der Waals surface area contributed by atoms with Gasteiger partial charge in [0.25, 0.3) is 0 Å². The van der Waals surface area contributed by atoms with Crippen LogP contribution >= 0.6 is 11.3 Å². The van der Waals surface area contributed by atoms with Gasteiger partial charge in [-0.1, -0.05) is 30.4 Å². The van der Waals surface area contributed by atoms with Crippen LogP contribution in [0.15, 0.2) is 48.9 Å². The van der Waals surface area contributed by atoms with Crippen LogP contribution in [0.5, 0.6) is 0 Å². The number of anilines is 1. The molecule has 116 valence electrons. The number of hydrogen-bond acceptors (Lipinski definition) is 6. The highest BCUT2D eigenvalue weighted by Gasteiger charge is 2.33. The van der Waals surface area contributed by atoms with Gasteiger partial charge in [0.2, 0.25) is 5.13 Å². The van der Waals surface area contributed by atoms with E-state index in [2.05, 4.69) is 38.1 Å². The van der Waals surface area contributed by atoms with Gasteiger partial charge in [-0.2, -0.15) is 0 Å². The standard InChI is InChI=1S/C17H17N5S/c1-12-9-15(13-5-4-7-18-10-13)22(11-12)17-21-20-16(23-17)14-6-2-3-8-19-14/h2-8,10,12,15H,9,11H2,1H3/t12-,15+/m0/s1. The quantitative estimate of drug-likeness (QED) is 0.737. The zero-order valence-electron chi connectivity index (χ0n) is 12.8. The van der Waals surface area contributed by atoms with E-state index in [1.165, 1.54) is 5.56 Å². The van der Waals surface area contributed by atoms with E-state index in [4.69, 9.17) is 0 Å². The van der Waals surface area contributed by atoms with Crippen LogP contribution < -0.4 is 4.90 Å². The fourth-order valence-corrected chi connectivity index (χ4v) is 3.95. The summed E-state index contributed by atoms with van der Waals surface area (Å²) in [7, 11) is 0. The molecule has 2 atom stereocenters. The van der Waals surface area contributed by atoms with Crippen LogP contribution in [-0.4, -0.2) is 26.7 Å². The molecule has 4 heterocycles. The monoisotopic (exact) mass is 323 g/mol. The Morgan fingerprint density at radius 2 is 2.09 bits per heavy atom. The largest absolute Gasteiger partial charge is 0.339 e. The minimum atomic E-state index is 0.322. The van der Waals surface area contributed by atoms with Gasteiger partial charge < -0.3 is 4.90 Å². The Labute approximate surface area is 139 Å². The summed E-state index contributed by atoms with van der Waals surface area (Å²) in [6.07, 6.45) is 6.67. The van der Waals surface area contributed by atoms with Crippen LogP contribution in [0.4, 0.5) is 5.13 Å². The summed E-state index contributed by atoms with van der Waals surface area (Å²) >= 11 is 1.60. The van der Waals surface area contributed by atoms with Crippen molar-refractivity contribution in [3.05, 3.63) is 54.5 Å². The molecule has 0 bridgehead atoms. The minimum Gasteiger partial charge on any atom is -0.339 e. The topological polar surface area (TPSA) is 54.8 Å². The van der Waals surface area contributed by atoms with Gasteiger partial charge in [0.15, 0.2) is 5.01 Å². The fraction of sp³-hybridized carbons (Fsp3) is 0.294. The van der Waals surface area contributed by atoms with E-state index < -0.39 is 0 Å². The minimum absolute atomic E-state index is 0.322. The number of nitrogens with zero attached hydrogens (tertiary/aromatic N) is 5. The first kappa shape index (κ1) is 14.3. The van der Waals surface area contributed by atoms with Gasteiger partial charge in [0.1, 0.15) is 5.69 Å². The molecular formula is C17H17N5S. The summed E-state index contributed by atoms with van der Waals surface area (Å²) in [6, 6.07) is 10.3. The maximum absolute atomic E-state index is 4.42. The zero-order valence-corrected chi connectivity index (χ0v) is 13.6. The SMILES string of the molecule is C[C@H]1C[C@H](c2cccnc2)N(c2nnc(-c3ccccn3)s2)C1. The van der Waals surface area contributed by atoms with Gasteiger partial charge in [-0.25, -0.2) is 0 Å². The molecule has 0 radical (unpaired) electrons. The molecule has 3 aromatic heterocycles. The molecule has 0 saturated carbocycles. The normalized spacial score (nSPS) is 20.8. The first-order valence-electron chi connectivity index (χ1n) is 7.73. The van der Waals surface area contributed by atoms with Crippen molar-refractivity contribution in [1.82, 2.24) is 20.2 Å². The molecular weight excluding hydrogens is 306 g/mol. The number of rotatable bonds is 3. The van der Waals surface area contributed by atoms with E-state index in [1.54, 1.807) is 17.5 Å². The van der Waals surface area contributed by atoms with Crippen LogP contribution in [0.2, 0.25) is 0 Å². The predicted octanol–water partition coefficient (Wildman–Crippen LogP) is 3.58. The lowest BCUT2D eigenvalue weighted by molar-refractivity contribution is 0.617. The Morgan fingerprint density at radius 1 is 1.13 bits per heavy atom. The lowest BCUT2D eigenvalue weighted by atomic mass is 10.0. The summed E-state index contributed by atoms with van der Waals surface area (Å²) in [5.74, 6) is 0.627. The Balaban J connectivity index is 1.65. The molecule has 1 aliphatic rings. The lowest BCUT2D eigenvalue weighted by Crippen LogP contribution is -2.23. The summed E-state index contributed by atoms with van der Waals surface area (Å²) in [5, 5.41) is 10.6. The van der Waals surface area contributed by atoms with Crippen molar-refractivity contribution < 1.29 is 0 Å². The van der Waals surface area contributed by atoms with E-state index >= 15 is 0 Å². The fourth-order valence-electron chi connectivity index (χ4n) is 3.07. The van der Waals surface area contributed by atoms with Crippen molar-refractivity contribution in [2.75, 3.05) is 11.4 Å². The molecule has 0 aliphatic carbocycles. The molecule has 6 heteroatoms. The Hall–Kier alpha value is -2.34. The third kappa shape index (κ3) is 2.82. The van der Waals surface area contributed by atoms with Gasteiger partial charge in [-0.15, -0.1) is 10.2 Å². The third-order valence-electron chi connectivity index (χ3n) is 4.12. The summed E-state index contributed by atoms with van der Waals surface area (Å²) in [6.45, 7) is 3.28. The highest BCUT2D eigenvalue weighted by Crippen LogP contribution is 2.40. The second-order valence-electron chi connectivity index (χ2n) is 5.90. The van der Waals surface area contributed by atoms with E-state index in [1.807, 2.05) is 36.7 Å². The second-order valence-corrected chi connectivity index (χ2v) is 6.86. The van der Waals surface area contributed by atoms with Crippen molar-refractivity contribution in [1.29, 1.82) is 0 Å². The number of pyridine rings is 2. The molecule has 0 unspecified atom stereocenters. The van der Waals surface area contributed by atoms with Crippen LogP contribution in [0.1, 0.15) is 24.9 Å². The molecule has 0 amide bonds. The van der Waals surface area contributed by atoms with Crippen molar-refractivity contribution >= 4 is 16.5 Å². The van der Waals surface area contributed by atoms with Gasteiger partial charge in [-0.3, -0.25) is 9.97 Å². The van der Waals surface area contributed by atoms with Crippen molar-refractivity contribution in [2.24, 2.45) is 5.92 Å². The maximum atomic E-state index is 4.42.